The van der Waals surface area contributed by atoms with Gasteiger partial charge in [-0.2, -0.15) is 0 Å². The molecule has 1 saturated carbocycles. The summed E-state index contributed by atoms with van der Waals surface area (Å²) < 4.78 is 39.2. The largest absolute Gasteiger partial charge is 0.455 e. The van der Waals surface area contributed by atoms with Crippen molar-refractivity contribution in [2.75, 3.05) is 24.7 Å². The normalized spacial score (nSPS) is 14.6. The van der Waals surface area contributed by atoms with Gasteiger partial charge >= 0.3 is 0 Å². The number of carbonyl (C=O) groups excluding carboxylic acids is 1. The van der Waals surface area contributed by atoms with Gasteiger partial charge < -0.3 is 18.6 Å². The average molecular weight is 607 g/mol. The zero-order chi connectivity index (χ0) is 30.3. The summed E-state index contributed by atoms with van der Waals surface area (Å²) in [6.07, 6.45) is 4.12. The molecular weight excluding hydrogens is 578 g/mol. The number of rotatable bonds is 5. The standard InChI is InChI=1S/C35H28F2N4O2S/c1-38-34(42)31-23-15-22(28(40(2)44-3)17-30(23)43-33(31)19-7-9-20(36)10-8-19)26-12-11-24-32(39-26)29-16-21-25(37)5-4-6-27(21)41(29)18-35(24)13-14-35/h4-12,15-17H,13-14,18H2,1-3H3,(H,38,42). The third-order valence-corrected chi connectivity index (χ3v) is 9.92. The fraction of sp³-hybridized carbons (Fsp3) is 0.200. The molecule has 0 atom stereocenters. The van der Waals surface area contributed by atoms with Gasteiger partial charge in [-0.1, -0.05) is 24.1 Å². The summed E-state index contributed by atoms with van der Waals surface area (Å²) in [5.41, 5.74) is 7.82. The number of amides is 1. The first kappa shape index (κ1) is 27.0. The number of anilines is 1. The van der Waals surface area contributed by atoms with Gasteiger partial charge in [0, 0.05) is 60.3 Å². The Kier molecular flexibility index (Phi) is 5.94. The number of furan rings is 1. The summed E-state index contributed by atoms with van der Waals surface area (Å²) >= 11 is 1.54. The first-order valence-electron chi connectivity index (χ1n) is 14.5. The first-order valence-corrected chi connectivity index (χ1v) is 15.7. The molecule has 6 nitrogen and oxygen atoms in total. The average Bonchev–Trinajstić information content (AvgIpc) is 3.56. The third kappa shape index (κ3) is 3.91. The van der Waals surface area contributed by atoms with Crippen LogP contribution in [0.25, 0.3) is 55.8 Å². The monoisotopic (exact) mass is 606 g/mol. The first-order chi connectivity index (χ1) is 21.3. The predicted molar refractivity (Wildman–Crippen MR) is 172 cm³/mol. The van der Waals surface area contributed by atoms with Gasteiger partial charge in [0.05, 0.1) is 33.8 Å². The summed E-state index contributed by atoms with van der Waals surface area (Å²) in [4.78, 5) is 18.6. The molecule has 4 heterocycles. The van der Waals surface area contributed by atoms with Crippen LogP contribution in [0.5, 0.6) is 0 Å². The Balaban J connectivity index is 1.37. The van der Waals surface area contributed by atoms with Gasteiger partial charge in [0.25, 0.3) is 5.91 Å². The van der Waals surface area contributed by atoms with Crippen molar-refractivity contribution in [3.63, 3.8) is 0 Å². The van der Waals surface area contributed by atoms with E-state index in [-0.39, 0.29) is 23.0 Å². The molecule has 1 aliphatic carbocycles. The van der Waals surface area contributed by atoms with Gasteiger partial charge in [-0.3, -0.25) is 4.79 Å². The van der Waals surface area contributed by atoms with Crippen LogP contribution in [0, 0.1) is 11.6 Å². The lowest BCUT2D eigenvalue weighted by molar-refractivity contribution is 0.0964. The Morgan fingerprint density at radius 2 is 1.84 bits per heavy atom. The zero-order valence-corrected chi connectivity index (χ0v) is 25.2. The molecule has 1 aliphatic heterocycles. The number of carbonyl (C=O) groups is 1. The number of nitrogens with one attached hydrogen (secondary N) is 1. The molecule has 1 spiro atoms. The van der Waals surface area contributed by atoms with Gasteiger partial charge in [-0.05, 0) is 73.0 Å². The minimum atomic E-state index is -0.370. The molecule has 1 fully saturated rings. The molecule has 6 aromatic rings. The minimum absolute atomic E-state index is 0.00990. The minimum Gasteiger partial charge on any atom is -0.455 e. The van der Waals surface area contributed by atoms with E-state index >= 15 is 0 Å². The molecular formula is C35H28F2N4O2S. The van der Waals surface area contributed by atoms with E-state index in [2.05, 4.69) is 22.0 Å². The molecule has 3 aromatic carbocycles. The maximum Gasteiger partial charge on any atom is 0.255 e. The Hall–Kier alpha value is -4.63. The van der Waals surface area contributed by atoms with Crippen molar-refractivity contribution < 1.29 is 18.0 Å². The summed E-state index contributed by atoms with van der Waals surface area (Å²) in [5.74, 6) is -0.541. The van der Waals surface area contributed by atoms with Crippen LogP contribution in [0.1, 0.15) is 28.8 Å². The van der Waals surface area contributed by atoms with Gasteiger partial charge in [0.15, 0.2) is 0 Å². The smallest absolute Gasteiger partial charge is 0.255 e. The van der Waals surface area contributed by atoms with E-state index in [9.17, 15) is 13.6 Å². The number of fused-ring (bicyclic) bond motifs is 7. The highest BCUT2D eigenvalue weighted by Gasteiger charge is 2.49. The lowest BCUT2D eigenvalue weighted by atomic mass is 9.89. The number of hydrogen-bond acceptors (Lipinski definition) is 5. The number of aromatic nitrogens is 2. The molecule has 0 saturated heterocycles. The molecule has 1 N–H and O–H groups in total. The van der Waals surface area contributed by atoms with Crippen LogP contribution < -0.4 is 9.62 Å². The van der Waals surface area contributed by atoms with Crippen LogP contribution in [-0.2, 0) is 12.0 Å². The molecule has 8 rings (SSSR count). The van der Waals surface area contributed by atoms with Crippen molar-refractivity contribution in [2.24, 2.45) is 0 Å². The molecule has 9 heteroatoms. The molecule has 220 valence electrons. The lowest BCUT2D eigenvalue weighted by Gasteiger charge is -2.28. The van der Waals surface area contributed by atoms with Gasteiger partial charge in [0.1, 0.15) is 23.0 Å². The maximum absolute atomic E-state index is 14.9. The summed E-state index contributed by atoms with van der Waals surface area (Å²) in [6, 6.07) is 21.2. The van der Waals surface area contributed by atoms with Crippen molar-refractivity contribution in [1.29, 1.82) is 0 Å². The molecule has 0 unspecified atom stereocenters. The topological polar surface area (TPSA) is 63.3 Å². The van der Waals surface area contributed by atoms with Crippen LogP contribution in [0.3, 0.4) is 0 Å². The highest BCUT2D eigenvalue weighted by molar-refractivity contribution is 7.99. The SMILES string of the molecule is CNC(=O)c1c(-c2ccc(F)cc2)oc2cc(N(C)SC)c(-c3ccc4c(n3)-c3cc5c(F)cccc5n3CC43CC3)cc12. The van der Waals surface area contributed by atoms with Gasteiger partial charge in [0.2, 0.25) is 0 Å². The maximum atomic E-state index is 14.9. The summed E-state index contributed by atoms with van der Waals surface area (Å²) in [5, 5.41) is 3.97. The van der Waals surface area contributed by atoms with Crippen LogP contribution in [0.15, 0.2) is 77.2 Å². The fourth-order valence-corrected chi connectivity index (χ4v) is 7.01. The molecule has 0 bridgehead atoms. The van der Waals surface area contributed by atoms with E-state index in [1.807, 2.05) is 41.9 Å². The van der Waals surface area contributed by atoms with E-state index in [1.165, 1.54) is 23.8 Å². The Bertz CT molecular complexity index is 2150. The predicted octanol–water partition coefficient (Wildman–Crippen LogP) is 8.18. The highest BCUT2D eigenvalue weighted by Crippen LogP contribution is 2.56. The van der Waals surface area contributed by atoms with Crippen molar-refractivity contribution >= 4 is 45.4 Å². The van der Waals surface area contributed by atoms with Crippen molar-refractivity contribution in [3.8, 4) is 34.0 Å². The second kappa shape index (κ2) is 9.69. The van der Waals surface area contributed by atoms with E-state index in [0.29, 0.717) is 33.2 Å². The van der Waals surface area contributed by atoms with Crippen LogP contribution in [-0.4, -0.2) is 35.8 Å². The third-order valence-electron chi connectivity index (χ3n) is 9.17. The van der Waals surface area contributed by atoms with Gasteiger partial charge in [-0.15, -0.1) is 0 Å². The molecule has 3 aromatic heterocycles. The van der Waals surface area contributed by atoms with Gasteiger partial charge in [-0.25, -0.2) is 13.8 Å². The molecule has 0 radical (unpaired) electrons. The molecule has 44 heavy (non-hydrogen) atoms. The zero-order valence-electron chi connectivity index (χ0n) is 24.4. The van der Waals surface area contributed by atoms with Crippen LogP contribution in [0.2, 0.25) is 0 Å². The van der Waals surface area contributed by atoms with Crippen molar-refractivity contribution in [1.82, 2.24) is 14.9 Å². The fourth-order valence-electron chi connectivity index (χ4n) is 6.66. The van der Waals surface area contributed by atoms with E-state index in [0.717, 1.165) is 53.2 Å². The molecule has 1 amide bonds. The Morgan fingerprint density at radius 1 is 1.05 bits per heavy atom. The highest BCUT2D eigenvalue weighted by atomic mass is 32.2. The molecule has 2 aliphatic rings. The van der Waals surface area contributed by atoms with Crippen LogP contribution >= 0.6 is 11.9 Å². The Morgan fingerprint density at radius 3 is 2.57 bits per heavy atom. The number of benzene rings is 3. The lowest BCUT2D eigenvalue weighted by Crippen LogP contribution is -2.23. The van der Waals surface area contributed by atoms with Crippen LogP contribution in [0.4, 0.5) is 14.5 Å². The van der Waals surface area contributed by atoms with E-state index in [1.54, 1.807) is 37.2 Å². The number of hydrogen-bond donors (Lipinski definition) is 1. The Labute approximate surface area is 256 Å². The number of nitrogens with zero attached hydrogens (tertiary/aromatic N) is 3. The summed E-state index contributed by atoms with van der Waals surface area (Å²) in [7, 11) is 3.55. The summed E-state index contributed by atoms with van der Waals surface area (Å²) in [6.45, 7) is 0.812. The van der Waals surface area contributed by atoms with Crippen molar-refractivity contribution in [3.05, 3.63) is 95.6 Å². The van der Waals surface area contributed by atoms with E-state index in [4.69, 9.17) is 9.40 Å². The number of halogens is 2. The number of pyridine rings is 1. The van der Waals surface area contributed by atoms with Crippen molar-refractivity contribution in [2.45, 2.75) is 24.8 Å². The second-order valence-corrected chi connectivity index (χ2v) is 12.5. The quantitative estimate of drug-likeness (QED) is 0.201. The second-order valence-electron chi connectivity index (χ2n) is 11.6. The van der Waals surface area contributed by atoms with E-state index < -0.39 is 0 Å².